The van der Waals surface area contributed by atoms with Gasteiger partial charge < -0.3 is 10.6 Å². The third-order valence-electron chi connectivity index (χ3n) is 4.15. The van der Waals surface area contributed by atoms with E-state index in [1.165, 1.54) is 18.2 Å². The van der Waals surface area contributed by atoms with Crippen LogP contribution in [0.4, 0.5) is 23.1 Å². The van der Waals surface area contributed by atoms with Crippen molar-refractivity contribution in [3.8, 4) is 0 Å². The highest BCUT2D eigenvalue weighted by molar-refractivity contribution is 6.31. The summed E-state index contributed by atoms with van der Waals surface area (Å²) in [6.45, 7) is 4.14. The van der Waals surface area contributed by atoms with E-state index in [9.17, 15) is 10.1 Å². The zero-order valence-corrected chi connectivity index (χ0v) is 14.9. The number of nitrogens with one attached hydrogen (secondary N) is 2. The molecule has 7 nitrogen and oxygen atoms in total. The molecule has 25 heavy (non-hydrogen) atoms. The van der Waals surface area contributed by atoms with Gasteiger partial charge in [-0.1, -0.05) is 18.5 Å². The molecule has 1 aromatic carbocycles. The highest BCUT2D eigenvalue weighted by Gasteiger charge is 2.26. The summed E-state index contributed by atoms with van der Waals surface area (Å²) in [5, 5.41) is 18.0. The Labute approximate surface area is 151 Å². The van der Waals surface area contributed by atoms with E-state index in [0.29, 0.717) is 28.4 Å². The average molecular weight is 362 g/mol. The normalized spacial score (nSPS) is 14.8. The molecule has 132 valence electrons. The van der Waals surface area contributed by atoms with Crippen molar-refractivity contribution in [3.63, 3.8) is 0 Å². The van der Waals surface area contributed by atoms with Crippen LogP contribution in [0.5, 0.6) is 0 Å². The Morgan fingerprint density at radius 1 is 1.36 bits per heavy atom. The topological polar surface area (TPSA) is 93.0 Å². The predicted octanol–water partition coefficient (Wildman–Crippen LogP) is 4.87. The molecule has 1 saturated carbocycles. The van der Waals surface area contributed by atoms with Crippen molar-refractivity contribution >= 4 is 34.7 Å². The van der Waals surface area contributed by atoms with Crippen LogP contribution < -0.4 is 10.6 Å². The predicted molar refractivity (Wildman–Crippen MR) is 98.8 cm³/mol. The van der Waals surface area contributed by atoms with Crippen LogP contribution in [-0.2, 0) is 0 Å². The quantitative estimate of drug-likeness (QED) is 0.539. The Morgan fingerprint density at radius 3 is 2.76 bits per heavy atom. The lowest BCUT2D eigenvalue weighted by Gasteiger charge is -2.14. The van der Waals surface area contributed by atoms with Gasteiger partial charge in [-0.2, -0.15) is 4.98 Å². The second-order valence-corrected chi connectivity index (χ2v) is 6.71. The van der Waals surface area contributed by atoms with Crippen LogP contribution in [0.15, 0.2) is 24.3 Å². The van der Waals surface area contributed by atoms with Crippen LogP contribution in [0.25, 0.3) is 0 Å². The van der Waals surface area contributed by atoms with Crippen molar-refractivity contribution in [1.29, 1.82) is 0 Å². The number of halogens is 1. The summed E-state index contributed by atoms with van der Waals surface area (Å²) in [7, 11) is 0. The smallest absolute Gasteiger partial charge is 0.292 e. The van der Waals surface area contributed by atoms with E-state index in [2.05, 4.69) is 34.4 Å². The van der Waals surface area contributed by atoms with Gasteiger partial charge in [0.15, 0.2) is 0 Å². The molecule has 0 radical (unpaired) electrons. The number of aromatic nitrogens is 2. The van der Waals surface area contributed by atoms with Gasteiger partial charge in [-0.3, -0.25) is 10.1 Å². The molecule has 8 heteroatoms. The molecule has 1 fully saturated rings. The van der Waals surface area contributed by atoms with Gasteiger partial charge in [0.25, 0.3) is 5.69 Å². The van der Waals surface area contributed by atoms with E-state index in [0.717, 1.165) is 25.0 Å². The van der Waals surface area contributed by atoms with Crippen LogP contribution in [0.1, 0.15) is 44.7 Å². The summed E-state index contributed by atoms with van der Waals surface area (Å²) < 4.78 is 0. The highest BCUT2D eigenvalue weighted by atomic mass is 35.5. The van der Waals surface area contributed by atoms with Gasteiger partial charge in [-0.25, -0.2) is 4.98 Å². The molecule has 0 spiro atoms. The third kappa shape index (κ3) is 4.36. The maximum absolute atomic E-state index is 11.2. The van der Waals surface area contributed by atoms with Crippen LogP contribution in [0.2, 0.25) is 5.02 Å². The summed E-state index contributed by atoms with van der Waals surface area (Å²) >= 11 is 5.99. The van der Waals surface area contributed by atoms with Crippen molar-refractivity contribution in [2.24, 2.45) is 0 Å². The molecule has 0 amide bonds. The number of nitro benzene ring substituents is 1. The van der Waals surface area contributed by atoms with Gasteiger partial charge in [0.2, 0.25) is 5.95 Å². The Bertz CT molecular complexity index is 795. The minimum atomic E-state index is -0.444. The van der Waals surface area contributed by atoms with Crippen LogP contribution >= 0.6 is 11.6 Å². The molecular weight excluding hydrogens is 342 g/mol. The molecule has 0 unspecified atom stereocenters. The second kappa shape index (κ2) is 7.23. The number of rotatable bonds is 7. The first kappa shape index (κ1) is 17.4. The summed E-state index contributed by atoms with van der Waals surface area (Å²) in [6, 6.07) is 6.50. The fourth-order valence-electron chi connectivity index (χ4n) is 2.41. The molecule has 3 rings (SSSR count). The molecule has 0 aliphatic heterocycles. The zero-order chi connectivity index (χ0) is 18.0. The molecule has 1 aromatic heterocycles. The van der Waals surface area contributed by atoms with Crippen molar-refractivity contribution in [2.75, 3.05) is 10.6 Å². The maximum Gasteiger partial charge on any atom is 0.292 e. The summed E-state index contributed by atoms with van der Waals surface area (Å²) in [5.74, 6) is 1.49. The van der Waals surface area contributed by atoms with Gasteiger partial charge in [0.05, 0.1) is 10.6 Å². The first-order valence-electron chi connectivity index (χ1n) is 8.32. The lowest BCUT2D eigenvalue weighted by atomic mass is 10.2. The SMILES string of the molecule is CC[C@@H](C)Nc1nc(Nc2cc(Cl)ccc2[N+](=O)[O-])cc(C2CC2)n1. The molecule has 0 bridgehead atoms. The Morgan fingerprint density at radius 2 is 2.12 bits per heavy atom. The number of benzene rings is 1. The highest BCUT2D eigenvalue weighted by Crippen LogP contribution is 2.40. The van der Waals surface area contributed by atoms with Gasteiger partial charge in [-0.05, 0) is 38.3 Å². The largest absolute Gasteiger partial charge is 0.352 e. The number of hydrogen-bond acceptors (Lipinski definition) is 6. The van der Waals surface area contributed by atoms with Crippen LogP contribution in [0, 0.1) is 10.1 Å². The Balaban J connectivity index is 1.94. The first-order chi connectivity index (χ1) is 12.0. The molecule has 1 atom stereocenters. The van der Waals surface area contributed by atoms with Gasteiger partial charge in [0.1, 0.15) is 11.5 Å². The fourth-order valence-corrected chi connectivity index (χ4v) is 2.58. The van der Waals surface area contributed by atoms with Crippen molar-refractivity contribution in [1.82, 2.24) is 9.97 Å². The van der Waals surface area contributed by atoms with E-state index >= 15 is 0 Å². The fraction of sp³-hybridized carbons (Fsp3) is 0.412. The molecule has 0 saturated heterocycles. The molecule has 2 N–H and O–H groups in total. The summed E-state index contributed by atoms with van der Waals surface area (Å²) in [5.41, 5.74) is 1.22. The van der Waals surface area contributed by atoms with E-state index < -0.39 is 4.92 Å². The van der Waals surface area contributed by atoms with E-state index in [4.69, 9.17) is 11.6 Å². The first-order valence-corrected chi connectivity index (χ1v) is 8.70. The van der Waals surface area contributed by atoms with E-state index in [1.54, 1.807) is 0 Å². The summed E-state index contributed by atoms with van der Waals surface area (Å²) in [4.78, 5) is 19.8. The zero-order valence-electron chi connectivity index (χ0n) is 14.1. The van der Waals surface area contributed by atoms with Gasteiger partial charge >= 0.3 is 0 Å². The van der Waals surface area contributed by atoms with Gasteiger partial charge in [-0.15, -0.1) is 0 Å². The minimum Gasteiger partial charge on any atom is -0.352 e. The molecule has 1 heterocycles. The second-order valence-electron chi connectivity index (χ2n) is 6.27. The van der Waals surface area contributed by atoms with Crippen molar-refractivity contribution < 1.29 is 4.92 Å². The number of nitrogens with zero attached hydrogens (tertiary/aromatic N) is 3. The third-order valence-corrected chi connectivity index (χ3v) is 4.38. The molecular formula is C17H20ClN5O2. The maximum atomic E-state index is 11.2. The molecule has 2 aromatic rings. The lowest BCUT2D eigenvalue weighted by Crippen LogP contribution is -2.16. The summed E-state index contributed by atoms with van der Waals surface area (Å²) in [6.07, 6.45) is 3.16. The van der Waals surface area contributed by atoms with Crippen molar-refractivity contribution in [2.45, 2.75) is 45.1 Å². The standard InChI is InChI=1S/C17H20ClN5O2/c1-3-10(2)19-17-21-13(11-4-5-11)9-16(22-17)20-14-8-12(18)6-7-15(14)23(24)25/h6-11H,3-5H2,1-2H3,(H2,19,20,21,22)/t10-/m1/s1. The molecule has 1 aliphatic rings. The number of anilines is 3. The van der Waals surface area contributed by atoms with Gasteiger partial charge in [0, 0.05) is 29.1 Å². The Kier molecular flexibility index (Phi) is 5.03. The molecule has 1 aliphatic carbocycles. The Hall–Kier alpha value is -2.41. The number of hydrogen-bond donors (Lipinski definition) is 2. The van der Waals surface area contributed by atoms with Crippen molar-refractivity contribution in [3.05, 3.63) is 45.1 Å². The lowest BCUT2D eigenvalue weighted by molar-refractivity contribution is -0.383. The minimum absolute atomic E-state index is 0.0487. The average Bonchev–Trinajstić information content (AvgIpc) is 3.39. The van der Waals surface area contributed by atoms with E-state index in [1.807, 2.05) is 6.07 Å². The van der Waals surface area contributed by atoms with E-state index in [-0.39, 0.29) is 11.7 Å². The number of nitro groups is 1. The monoisotopic (exact) mass is 361 g/mol. The van der Waals surface area contributed by atoms with Crippen LogP contribution in [0.3, 0.4) is 0 Å². The van der Waals surface area contributed by atoms with Crippen LogP contribution in [-0.4, -0.2) is 20.9 Å².